The summed E-state index contributed by atoms with van der Waals surface area (Å²) in [6.45, 7) is 6.36. The van der Waals surface area contributed by atoms with E-state index in [1.807, 2.05) is 0 Å². The van der Waals surface area contributed by atoms with Gasteiger partial charge in [-0.2, -0.15) is 0 Å². The SMILES string of the molecule is CC1(C)[C@@H]2CC[C@H](C[N+](C)(C)C)[C@H]1C2. The lowest BCUT2D eigenvalue weighted by Gasteiger charge is -2.60. The van der Waals surface area contributed by atoms with E-state index in [2.05, 4.69) is 35.0 Å². The van der Waals surface area contributed by atoms with Gasteiger partial charge in [0.25, 0.3) is 0 Å². The van der Waals surface area contributed by atoms with Crippen LogP contribution >= 0.6 is 0 Å². The van der Waals surface area contributed by atoms with E-state index in [1.165, 1.54) is 25.8 Å². The first kappa shape index (κ1) is 10.5. The molecular formula is C13H26N+. The fraction of sp³-hybridized carbons (Fsp3) is 1.00. The molecule has 2 bridgehead atoms. The maximum atomic E-state index is 2.49. The molecule has 0 spiro atoms. The Kier molecular flexibility index (Phi) is 2.23. The van der Waals surface area contributed by atoms with Gasteiger partial charge >= 0.3 is 0 Å². The van der Waals surface area contributed by atoms with E-state index < -0.39 is 0 Å². The van der Waals surface area contributed by atoms with Crippen molar-refractivity contribution < 1.29 is 4.48 Å². The summed E-state index contributed by atoms with van der Waals surface area (Å²) in [5.74, 6) is 3.07. The number of hydrogen-bond donors (Lipinski definition) is 0. The van der Waals surface area contributed by atoms with Gasteiger partial charge in [-0.3, -0.25) is 0 Å². The number of quaternary nitrogens is 1. The van der Waals surface area contributed by atoms with Crippen LogP contribution in [0.5, 0.6) is 0 Å². The summed E-state index contributed by atoms with van der Waals surface area (Å²) < 4.78 is 1.14. The van der Waals surface area contributed by atoms with E-state index in [0.717, 1.165) is 22.2 Å². The molecule has 0 N–H and O–H groups in total. The Balaban J connectivity index is 2.01. The Morgan fingerprint density at radius 3 is 2.21 bits per heavy atom. The topological polar surface area (TPSA) is 0 Å². The molecule has 3 fully saturated rings. The van der Waals surface area contributed by atoms with Crippen LogP contribution in [0.4, 0.5) is 0 Å². The van der Waals surface area contributed by atoms with Crippen LogP contribution in [0, 0.1) is 23.2 Å². The summed E-state index contributed by atoms with van der Waals surface area (Å²) >= 11 is 0. The van der Waals surface area contributed by atoms with E-state index in [9.17, 15) is 0 Å². The van der Waals surface area contributed by atoms with Gasteiger partial charge in [-0.15, -0.1) is 0 Å². The quantitative estimate of drug-likeness (QED) is 0.596. The molecule has 3 rings (SSSR count). The zero-order valence-corrected chi connectivity index (χ0v) is 10.5. The lowest BCUT2D eigenvalue weighted by molar-refractivity contribution is -0.875. The first-order valence-corrected chi connectivity index (χ1v) is 6.11. The molecule has 0 heterocycles. The average Bonchev–Trinajstić information content (AvgIpc) is 2.00. The molecule has 0 saturated heterocycles. The Bertz CT molecular complexity index is 222. The van der Waals surface area contributed by atoms with E-state index in [4.69, 9.17) is 0 Å². The highest BCUT2D eigenvalue weighted by Gasteiger charge is 2.54. The summed E-state index contributed by atoms with van der Waals surface area (Å²) in [5.41, 5.74) is 0.665. The highest BCUT2D eigenvalue weighted by atomic mass is 15.3. The van der Waals surface area contributed by atoms with Crippen LogP contribution in [0.2, 0.25) is 0 Å². The van der Waals surface area contributed by atoms with Gasteiger partial charge in [0.15, 0.2) is 0 Å². The first-order chi connectivity index (χ1) is 6.31. The Morgan fingerprint density at radius 2 is 1.79 bits per heavy atom. The third-order valence-corrected chi connectivity index (χ3v) is 4.78. The molecule has 1 nitrogen and oxygen atoms in total. The molecule has 82 valence electrons. The smallest absolute Gasteiger partial charge is 0.0811 e. The highest BCUT2D eigenvalue weighted by Crippen LogP contribution is 2.61. The zero-order valence-electron chi connectivity index (χ0n) is 10.5. The second-order valence-corrected chi connectivity index (χ2v) is 7.17. The molecule has 14 heavy (non-hydrogen) atoms. The largest absolute Gasteiger partial charge is 0.331 e. The summed E-state index contributed by atoms with van der Waals surface area (Å²) in [6.07, 6.45) is 4.51. The Hall–Kier alpha value is -0.0400. The Morgan fingerprint density at radius 1 is 1.14 bits per heavy atom. The molecule has 0 unspecified atom stereocenters. The van der Waals surface area contributed by atoms with Gasteiger partial charge in [0, 0.05) is 5.92 Å². The molecule has 3 aliphatic carbocycles. The van der Waals surface area contributed by atoms with Crippen LogP contribution in [-0.4, -0.2) is 32.2 Å². The zero-order chi connectivity index (χ0) is 10.6. The molecule has 0 aliphatic heterocycles. The fourth-order valence-electron chi connectivity index (χ4n) is 3.88. The summed E-state index contributed by atoms with van der Waals surface area (Å²) in [7, 11) is 6.99. The predicted octanol–water partition coefficient (Wildman–Crippen LogP) is 2.76. The van der Waals surface area contributed by atoms with E-state index >= 15 is 0 Å². The van der Waals surface area contributed by atoms with Crippen molar-refractivity contribution in [3.63, 3.8) is 0 Å². The number of hydrogen-bond acceptors (Lipinski definition) is 0. The fourth-order valence-corrected chi connectivity index (χ4v) is 3.88. The van der Waals surface area contributed by atoms with Crippen molar-refractivity contribution in [1.29, 1.82) is 0 Å². The lowest BCUT2D eigenvalue weighted by Crippen LogP contribution is -2.56. The molecule has 0 aromatic carbocycles. The molecule has 0 aromatic heterocycles. The van der Waals surface area contributed by atoms with Crippen LogP contribution < -0.4 is 0 Å². The minimum Gasteiger partial charge on any atom is -0.331 e. The summed E-state index contributed by atoms with van der Waals surface area (Å²) in [4.78, 5) is 0. The number of fused-ring (bicyclic) bond motifs is 2. The van der Waals surface area contributed by atoms with Crippen molar-refractivity contribution in [1.82, 2.24) is 0 Å². The molecule has 0 aromatic rings. The van der Waals surface area contributed by atoms with Crippen molar-refractivity contribution in [2.24, 2.45) is 23.2 Å². The summed E-state index contributed by atoms with van der Waals surface area (Å²) in [6, 6.07) is 0. The minimum atomic E-state index is 0.665. The number of nitrogens with zero attached hydrogens (tertiary/aromatic N) is 1. The maximum absolute atomic E-state index is 2.49. The molecule has 1 heteroatoms. The van der Waals surface area contributed by atoms with Crippen LogP contribution in [0.1, 0.15) is 33.1 Å². The highest BCUT2D eigenvalue weighted by molar-refractivity contribution is 5.03. The Labute approximate surface area is 89.1 Å². The lowest BCUT2D eigenvalue weighted by atomic mass is 9.45. The van der Waals surface area contributed by atoms with Gasteiger partial charge in [0.2, 0.25) is 0 Å². The summed E-state index contributed by atoms with van der Waals surface area (Å²) in [5, 5.41) is 0. The van der Waals surface area contributed by atoms with Gasteiger partial charge in [0.1, 0.15) is 0 Å². The normalized spacial score (nSPS) is 40.5. The maximum Gasteiger partial charge on any atom is 0.0811 e. The van der Waals surface area contributed by atoms with E-state index in [1.54, 1.807) is 0 Å². The van der Waals surface area contributed by atoms with Gasteiger partial charge in [0.05, 0.1) is 27.7 Å². The molecule has 0 radical (unpaired) electrons. The van der Waals surface area contributed by atoms with E-state index in [-0.39, 0.29) is 0 Å². The molecule has 3 aliphatic rings. The molecule has 3 saturated carbocycles. The van der Waals surface area contributed by atoms with Gasteiger partial charge in [-0.25, -0.2) is 0 Å². The monoisotopic (exact) mass is 196 g/mol. The number of rotatable bonds is 2. The van der Waals surface area contributed by atoms with Crippen LogP contribution in [0.3, 0.4) is 0 Å². The predicted molar refractivity (Wildman–Crippen MR) is 61.0 cm³/mol. The third kappa shape index (κ3) is 1.60. The van der Waals surface area contributed by atoms with Crippen molar-refractivity contribution in [3.05, 3.63) is 0 Å². The van der Waals surface area contributed by atoms with Crippen molar-refractivity contribution in [2.75, 3.05) is 27.7 Å². The second kappa shape index (κ2) is 2.98. The molecule has 3 atom stereocenters. The molecule has 0 amide bonds. The van der Waals surface area contributed by atoms with Crippen molar-refractivity contribution in [3.8, 4) is 0 Å². The first-order valence-electron chi connectivity index (χ1n) is 6.11. The average molecular weight is 196 g/mol. The van der Waals surface area contributed by atoms with Gasteiger partial charge < -0.3 is 4.48 Å². The second-order valence-electron chi connectivity index (χ2n) is 7.17. The van der Waals surface area contributed by atoms with Crippen LogP contribution in [0.25, 0.3) is 0 Å². The van der Waals surface area contributed by atoms with Crippen molar-refractivity contribution >= 4 is 0 Å². The minimum absolute atomic E-state index is 0.665. The standard InChI is InChI=1S/C13H26N/c1-13(2)11-7-6-10(12(13)8-11)9-14(3,4)5/h10-12H,6-9H2,1-5H3/q+1/t10-,11-,12-/m1/s1. The third-order valence-electron chi connectivity index (χ3n) is 4.78. The van der Waals surface area contributed by atoms with Crippen molar-refractivity contribution in [2.45, 2.75) is 33.1 Å². The van der Waals surface area contributed by atoms with Gasteiger partial charge in [-0.05, 0) is 36.5 Å². The van der Waals surface area contributed by atoms with Crippen LogP contribution in [-0.2, 0) is 0 Å². The van der Waals surface area contributed by atoms with Crippen LogP contribution in [0.15, 0.2) is 0 Å². The molecular weight excluding hydrogens is 170 g/mol. The van der Waals surface area contributed by atoms with E-state index in [0.29, 0.717) is 5.41 Å². The van der Waals surface area contributed by atoms with Gasteiger partial charge in [-0.1, -0.05) is 13.8 Å².